The normalized spacial score (nSPS) is 52.0. The average Bonchev–Trinajstić information content (AvgIpc) is 2.80. The largest absolute Gasteiger partial charge is 0.375 e. The summed E-state index contributed by atoms with van der Waals surface area (Å²) in [6.07, 6.45) is 9.42. The molecule has 0 heterocycles. The molecule has 4 rings (SSSR count). The lowest BCUT2D eigenvalue weighted by atomic mass is 9.46. The van der Waals surface area contributed by atoms with Gasteiger partial charge in [0.15, 0.2) is 11.4 Å². The Morgan fingerprint density at radius 3 is 2.61 bits per heavy atom. The molecule has 0 aromatic rings. The van der Waals surface area contributed by atoms with E-state index >= 15 is 0 Å². The molecule has 3 fully saturated rings. The molecule has 1 N–H and O–H groups in total. The Labute approximate surface area is 138 Å². The van der Waals surface area contributed by atoms with Gasteiger partial charge < -0.3 is 5.11 Å². The van der Waals surface area contributed by atoms with Crippen LogP contribution in [0.3, 0.4) is 0 Å². The minimum atomic E-state index is -1.14. The fourth-order valence-corrected chi connectivity index (χ4v) is 6.76. The first-order chi connectivity index (χ1) is 10.8. The number of hydrogen-bond donors (Lipinski definition) is 1. The predicted octanol–water partition coefficient (Wildman–Crippen LogP) is 3.77. The monoisotopic (exact) mass is 313 g/mol. The molecule has 0 amide bonds. The lowest BCUT2D eigenvalue weighted by Crippen LogP contribution is -2.54. The van der Waals surface area contributed by atoms with Crippen molar-refractivity contribution in [2.75, 3.05) is 0 Å². The van der Waals surface area contributed by atoms with E-state index in [1.165, 1.54) is 5.57 Å². The van der Waals surface area contributed by atoms with E-state index in [0.29, 0.717) is 36.4 Å². The van der Waals surface area contributed by atoms with Crippen LogP contribution in [0.1, 0.15) is 65.2 Å². The second-order valence-corrected chi connectivity index (χ2v) is 8.94. The Bertz CT molecular complexity index is 632. The molecule has 0 aliphatic heterocycles. The maximum absolute atomic E-state index is 11.8. The van der Waals surface area contributed by atoms with Crippen molar-refractivity contribution in [1.82, 2.24) is 0 Å². The van der Waals surface area contributed by atoms with E-state index in [2.05, 4.69) is 19.9 Å². The van der Waals surface area contributed by atoms with Gasteiger partial charge in [-0.25, -0.2) is 0 Å². The number of nitriles is 1. The topological polar surface area (TPSA) is 61.1 Å². The summed E-state index contributed by atoms with van der Waals surface area (Å²) in [7, 11) is 0. The highest BCUT2D eigenvalue weighted by Crippen LogP contribution is 2.67. The Morgan fingerprint density at radius 2 is 1.87 bits per heavy atom. The van der Waals surface area contributed by atoms with Crippen LogP contribution >= 0.6 is 0 Å². The molecule has 6 atom stereocenters. The fourth-order valence-electron chi connectivity index (χ4n) is 6.76. The molecule has 0 radical (unpaired) electrons. The van der Waals surface area contributed by atoms with Crippen LogP contribution in [-0.2, 0) is 4.79 Å². The smallest absolute Gasteiger partial charge is 0.156 e. The molecular weight excluding hydrogens is 286 g/mol. The zero-order valence-corrected chi connectivity index (χ0v) is 14.3. The molecule has 0 saturated heterocycles. The summed E-state index contributed by atoms with van der Waals surface area (Å²) in [6, 6.07) is 2.25. The van der Waals surface area contributed by atoms with E-state index in [1.54, 1.807) is 0 Å². The molecule has 0 unspecified atom stereocenters. The van der Waals surface area contributed by atoms with Crippen molar-refractivity contribution in [3.05, 3.63) is 11.6 Å². The van der Waals surface area contributed by atoms with E-state index in [0.717, 1.165) is 38.5 Å². The van der Waals surface area contributed by atoms with Crippen LogP contribution < -0.4 is 0 Å². The van der Waals surface area contributed by atoms with Gasteiger partial charge in [-0.15, -0.1) is 0 Å². The van der Waals surface area contributed by atoms with Gasteiger partial charge in [-0.2, -0.15) is 5.26 Å². The molecule has 0 bridgehead atoms. The Morgan fingerprint density at radius 1 is 1.13 bits per heavy atom. The summed E-state index contributed by atoms with van der Waals surface area (Å²) in [5.41, 5.74) is 0.172. The van der Waals surface area contributed by atoms with Crippen molar-refractivity contribution in [3.63, 3.8) is 0 Å². The SMILES string of the molecule is C[C@]12CCC(=O)C=C1CC[C@H]1[C@H]2CC[C@@]2(C)[C@H]1CC[C@@]2(O)C#N. The Kier molecular flexibility index (Phi) is 3.14. The zero-order chi connectivity index (χ0) is 16.5. The van der Waals surface area contributed by atoms with Gasteiger partial charge in [0.25, 0.3) is 0 Å². The summed E-state index contributed by atoms with van der Waals surface area (Å²) in [5.74, 6) is 1.99. The van der Waals surface area contributed by atoms with Gasteiger partial charge in [0.2, 0.25) is 0 Å². The summed E-state index contributed by atoms with van der Waals surface area (Å²) in [6.45, 7) is 4.53. The molecular formula is C20H27NO2. The summed E-state index contributed by atoms with van der Waals surface area (Å²) in [5, 5.41) is 20.4. The first-order valence-electron chi connectivity index (χ1n) is 9.22. The molecule has 3 saturated carbocycles. The van der Waals surface area contributed by atoms with E-state index in [4.69, 9.17) is 0 Å². The second-order valence-electron chi connectivity index (χ2n) is 8.94. The van der Waals surface area contributed by atoms with E-state index in [9.17, 15) is 15.2 Å². The van der Waals surface area contributed by atoms with Crippen LogP contribution in [0.15, 0.2) is 11.6 Å². The molecule has 3 nitrogen and oxygen atoms in total. The number of aliphatic hydroxyl groups is 1. The number of ketones is 1. The summed E-state index contributed by atoms with van der Waals surface area (Å²) in [4.78, 5) is 11.8. The minimum absolute atomic E-state index is 0.172. The highest BCUT2D eigenvalue weighted by atomic mass is 16.3. The maximum Gasteiger partial charge on any atom is 0.156 e. The second kappa shape index (κ2) is 4.70. The number of allylic oxidation sites excluding steroid dienone is 1. The number of carbonyl (C=O) groups is 1. The first kappa shape index (κ1) is 15.4. The van der Waals surface area contributed by atoms with Gasteiger partial charge in [0, 0.05) is 11.8 Å². The number of nitrogens with zero attached hydrogens (tertiary/aromatic N) is 1. The van der Waals surface area contributed by atoms with Crippen molar-refractivity contribution in [1.29, 1.82) is 5.26 Å². The van der Waals surface area contributed by atoms with Gasteiger partial charge >= 0.3 is 0 Å². The Balaban J connectivity index is 1.70. The highest BCUT2D eigenvalue weighted by molar-refractivity contribution is 5.91. The van der Waals surface area contributed by atoms with Gasteiger partial charge in [-0.1, -0.05) is 19.4 Å². The minimum Gasteiger partial charge on any atom is -0.375 e. The third kappa shape index (κ3) is 1.82. The van der Waals surface area contributed by atoms with Crippen LogP contribution in [0.25, 0.3) is 0 Å². The number of hydrogen-bond acceptors (Lipinski definition) is 3. The third-order valence-corrected chi connectivity index (χ3v) is 8.30. The number of fused-ring (bicyclic) bond motifs is 5. The highest BCUT2D eigenvalue weighted by Gasteiger charge is 2.64. The van der Waals surface area contributed by atoms with Crippen LogP contribution in [0, 0.1) is 39.9 Å². The van der Waals surface area contributed by atoms with Gasteiger partial charge in [0.05, 0.1) is 6.07 Å². The van der Waals surface area contributed by atoms with Crippen LogP contribution in [0.4, 0.5) is 0 Å². The molecule has 0 aromatic carbocycles. The standard InChI is InChI=1S/C20H27NO2/c1-18-8-5-14(22)11-13(18)3-4-15-16(18)6-9-19(2)17(15)7-10-20(19,23)12-21/h11,15-17,23H,3-10H2,1-2H3/t15-,16+,17-,18-,19-,20+/m0/s1. The van der Waals surface area contributed by atoms with E-state index < -0.39 is 5.60 Å². The Hall–Kier alpha value is -1.14. The molecule has 3 heteroatoms. The van der Waals surface area contributed by atoms with Gasteiger partial charge in [-0.05, 0) is 74.2 Å². The van der Waals surface area contributed by atoms with E-state index in [-0.39, 0.29) is 10.8 Å². The van der Waals surface area contributed by atoms with E-state index in [1.807, 2.05) is 6.08 Å². The van der Waals surface area contributed by atoms with Crippen molar-refractivity contribution in [2.24, 2.45) is 28.6 Å². The quantitative estimate of drug-likeness (QED) is 0.692. The number of rotatable bonds is 0. The zero-order valence-electron chi connectivity index (χ0n) is 14.3. The molecule has 0 spiro atoms. The molecule has 4 aliphatic rings. The van der Waals surface area contributed by atoms with Crippen LogP contribution in [0.2, 0.25) is 0 Å². The maximum atomic E-state index is 11.8. The lowest BCUT2D eigenvalue weighted by Gasteiger charge is -2.58. The molecule has 0 aromatic heterocycles. The molecule has 23 heavy (non-hydrogen) atoms. The predicted molar refractivity (Wildman–Crippen MR) is 87.3 cm³/mol. The van der Waals surface area contributed by atoms with Crippen LogP contribution in [-0.4, -0.2) is 16.5 Å². The van der Waals surface area contributed by atoms with Crippen molar-refractivity contribution < 1.29 is 9.90 Å². The first-order valence-corrected chi connectivity index (χ1v) is 9.22. The third-order valence-electron chi connectivity index (χ3n) is 8.30. The number of carbonyl (C=O) groups excluding carboxylic acids is 1. The molecule has 124 valence electrons. The van der Waals surface area contributed by atoms with Crippen LogP contribution in [0.5, 0.6) is 0 Å². The lowest BCUT2D eigenvalue weighted by molar-refractivity contribution is -0.119. The average molecular weight is 313 g/mol. The summed E-state index contributed by atoms with van der Waals surface area (Å²) < 4.78 is 0. The van der Waals surface area contributed by atoms with Gasteiger partial charge in [0.1, 0.15) is 0 Å². The van der Waals surface area contributed by atoms with Crippen molar-refractivity contribution in [3.8, 4) is 6.07 Å². The van der Waals surface area contributed by atoms with Crippen molar-refractivity contribution in [2.45, 2.75) is 70.8 Å². The summed E-state index contributed by atoms with van der Waals surface area (Å²) >= 11 is 0. The molecule has 4 aliphatic carbocycles. The van der Waals surface area contributed by atoms with Gasteiger partial charge in [-0.3, -0.25) is 4.79 Å². The fraction of sp³-hybridized carbons (Fsp3) is 0.800. The van der Waals surface area contributed by atoms with Crippen molar-refractivity contribution >= 4 is 5.78 Å².